The lowest BCUT2D eigenvalue weighted by molar-refractivity contribution is 0.391. The van der Waals surface area contributed by atoms with Crippen LogP contribution in [-0.4, -0.2) is 19.6 Å². The summed E-state index contributed by atoms with van der Waals surface area (Å²) in [6, 6.07) is 20.2. The fourth-order valence-corrected chi connectivity index (χ4v) is 1.94. The van der Waals surface area contributed by atoms with Gasteiger partial charge in [-0.15, -0.1) is 0 Å². The lowest BCUT2D eigenvalue weighted by Gasteiger charge is -2.15. The smallest absolute Gasteiger partial charge is 0.198 e. The van der Waals surface area contributed by atoms with Crippen LogP contribution >= 0.6 is 0 Å². The van der Waals surface area contributed by atoms with Crippen molar-refractivity contribution >= 4 is 5.90 Å². The minimum Gasteiger partial charge on any atom is -0.483 e. The first kappa shape index (κ1) is 13.3. The fourth-order valence-electron chi connectivity index (χ4n) is 1.94. The number of aliphatic imine (C=N–C) groups is 1. The van der Waals surface area contributed by atoms with Gasteiger partial charge in [0.1, 0.15) is 6.04 Å². The van der Waals surface area contributed by atoms with Crippen molar-refractivity contribution in [3.8, 4) is 0 Å². The molecule has 0 saturated carbocycles. The Kier molecular flexibility index (Phi) is 4.70. The standard InChI is InChI=1S/C16H18N2O/c1-19-15(12-17)18-16(13-8-4-2-5-9-13)14-10-6-3-7-11-14/h2-11,16H,12,17H2,1H3. The first-order chi connectivity index (χ1) is 9.35. The van der Waals surface area contributed by atoms with Gasteiger partial charge in [0.05, 0.1) is 13.7 Å². The van der Waals surface area contributed by atoms with Crippen LogP contribution in [0.1, 0.15) is 17.2 Å². The molecule has 0 aromatic heterocycles. The number of hydrogen-bond donors (Lipinski definition) is 1. The molecular formula is C16H18N2O. The molecule has 0 radical (unpaired) electrons. The average Bonchev–Trinajstić information content (AvgIpc) is 2.50. The minimum absolute atomic E-state index is 0.0825. The maximum atomic E-state index is 5.63. The van der Waals surface area contributed by atoms with Gasteiger partial charge in [-0.2, -0.15) is 0 Å². The number of ether oxygens (including phenoxy) is 1. The van der Waals surface area contributed by atoms with E-state index >= 15 is 0 Å². The number of benzene rings is 2. The molecule has 0 aliphatic carbocycles. The lowest BCUT2D eigenvalue weighted by atomic mass is 9.99. The zero-order valence-corrected chi connectivity index (χ0v) is 11.0. The molecule has 0 amide bonds. The minimum atomic E-state index is -0.0825. The molecule has 19 heavy (non-hydrogen) atoms. The summed E-state index contributed by atoms with van der Waals surface area (Å²) in [6.45, 7) is 0.298. The largest absolute Gasteiger partial charge is 0.483 e. The predicted molar refractivity (Wildman–Crippen MR) is 78.2 cm³/mol. The second kappa shape index (κ2) is 6.71. The normalized spacial score (nSPS) is 11.6. The molecule has 3 nitrogen and oxygen atoms in total. The van der Waals surface area contributed by atoms with E-state index in [1.807, 2.05) is 36.4 Å². The number of rotatable bonds is 4. The molecule has 0 spiro atoms. The second-order valence-electron chi connectivity index (χ2n) is 4.15. The lowest BCUT2D eigenvalue weighted by Crippen LogP contribution is -2.17. The van der Waals surface area contributed by atoms with Gasteiger partial charge in [-0.3, -0.25) is 0 Å². The highest BCUT2D eigenvalue weighted by Crippen LogP contribution is 2.25. The van der Waals surface area contributed by atoms with Gasteiger partial charge in [-0.1, -0.05) is 60.7 Å². The molecule has 2 rings (SSSR count). The van der Waals surface area contributed by atoms with E-state index < -0.39 is 0 Å². The van der Waals surface area contributed by atoms with E-state index in [0.29, 0.717) is 12.4 Å². The van der Waals surface area contributed by atoms with Crippen LogP contribution in [0.25, 0.3) is 0 Å². The zero-order chi connectivity index (χ0) is 13.5. The van der Waals surface area contributed by atoms with Crippen LogP contribution in [-0.2, 0) is 4.74 Å². The molecule has 2 N–H and O–H groups in total. The Hall–Kier alpha value is -2.13. The number of nitrogens with zero attached hydrogens (tertiary/aromatic N) is 1. The van der Waals surface area contributed by atoms with Crippen molar-refractivity contribution in [1.29, 1.82) is 0 Å². The Balaban J connectivity index is 2.43. The average molecular weight is 254 g/mol. The maximum absolute atomic E-state index is 5.63. The summed E-state index contributed by atoms with van der Waals surface area (Å²) in [7, 11) is 1.60. The SMILES string of the molecule is COC(CN)=NC(c1ccccc1)c1ccccc1. The van der Waals surface area contributed by atoms with E-state index in [-0.39, 0.29) is 6.04 Å². The highest BCUT2D eigenvalue weighted by Gasteiger charge is 2.13. The van der Waals surface area contributed by atoms with Crippen molar-refractivity contribution in [3.63, 3.8) is 0 Å². The summed E-state index contributed by atoms with van der Waals surface area (Å²) in [4.78, 5) is 4.62. The highest BCUT2D eigenvalue weighted by molar-refractivity contribution is 5.78. The summed E-state index contributed by atoms with van der Waals surface area (Å²) in [5.74, 6) is 0.553. The summed E-state index contributed by atoms with van der Waals surface area (Å²) in [5, 5.41) is 0. The van der Waals surface area contributed by atoms with E-state index in [0.717, 1.165) is 11.1 Å². The van der Waals surface area contributed by atoms with Crippen LogP contribution in [0.5, 0.6) is 0 Å². The number of hydrogen-bond acceptors (Lipinski definition) is 3. The predicted octanol–water partition coefficient (Wildman–Crippen LogP) is 2.78. The van der Waals surface area contributed by atoms with Gasteiger partial charge in [0.25, 0.3) is 0 Å². The van der Waals surface area contributed by atoms with Gasteiger partial charge in [0.15, 0.2) is 5.90 Å². The van der Waals surface area contributed by atoms with Crippen LogP contribution in [0.3, 0.4) is 0 Å². The Bertz CT molecular complexity index is 477. The number of methoxy groups -OCH3 is 1. The third-order valence-electron chi connectivity index (χ3n) is 2.91. The van der Waals surface area contributed by atoms with Crippen LogP contribution in [0.15, 0.2) is 65.7 Å². The summed E-state index contributed by atoms with van der Waals surface area (Å²) >= 11 is 0. The van der Waals surface area contributed by atoms with Crippen molar-refractivity contribution in [1.82, 2.24) is 0 Å². The van der Waals surface area contributed by atoms with Crippen molar-refractivity contribution in [3.05, 3.63) is 71.8 Å². The van der Waals surface area contributed by atoms with Gasteiger partial charge in [-0.05, 0) is 11.1 Å². The topological polar surface area (TPSA) is 47.6 Å². The molecule has 98 valence electrons. The van der Waals surface area contributed by atoms with E-state index in [2.05, 4.69) is 29.3 Å². The van der Waals surface area contributed by atoms with Crippen LogP contribution in [0.4, 0.5) is 0 Å². The molecule has 0 saturated heterocycles. The van der Waals surface area contributed by atoms with Crippen molar-refractivity contribution in [2.45, 2.75) is 6.04 Å². The van der Waals surface area contributed by atoms with Crippen molar-refractivity contribution in [2.24, 2.45) is 10.7 Å². The molecule has 0 heterocycles. The Labute approximate surface area is 113 Å². The van der Waals surface area contributed by atoms with E-state index in [1.54, 1.807) is 7.11 Å². The third kappa shape index (κ3) is 3.42. The van der Waals surface area contributed by atoms with Crippen LogP contribution in [0, 0.1) is 0 Å². The zero-order valence-electron chi connectivity index (χ0n) is 11.0. The Morgan fingerprint density at radius 1 is 1.00 bits per heavy atom. The molecule has 0 aliphatic heterocycles. The van der Waals surface area contributed by atoms with E-state index in [1.165, 1.54) is 0 Å². The van der Waals surface area contributed by atoms with E-state index in [9.17, 15) is 0 Å². The van der Waals surface area contributed by atoms with Gasteiger partial charge in [0.2, 0.25) is 0 Å². The first-order valence-corrected chi connectivity index (χ1v) is 6.25. The third-order valence-corrected chi connectivity index (χ3v) is 2.91. The summed E-state index contributed by atoms with van der Waals surface area (Å²) in [6.07, 6.45) is 0. The molecule has 3 heteroatoms. The van der Waals surface area contributed by atoms with Gasteiger partial charge >= 0.3 is 0 Å². The summed E-state index contributed by atoms with van der Waals surface area (Å²) < 4.78 is 5.20. The van der Waals surface area contributed by atoms with Crippen molar-refractivity contribution < 1.29 is 4.74 Å². The first-order valence-electron chi connectivity index (χ1n) is 6.25. The van der Waals surface area contributed by atoms with Gasteiger partial charge in [0, 0.05) is 0 Å². The van der Waals surface area contributed by atoms with Crippen molar-refractivity contribution in [2.75, 3.05) is 13.7 Å². The number of nitrogens with two attached hydrogens (primary N) is 1. The Morgan fingerprint density at radius 3 is 1.84 bits per heavy atom. The molecule has 0 atom stereocenters. The Morgan fingerprint density at radius 2 is 1.47 bits per heavy atom. The van der Waals surface area contributed by atoms with Crippen LogP contribution in [0.2, 0.25) is 0 Å². The summed E-state index contributed by atoms with van der Waals surface area (Å²) in [5.41, 5.74) is 7.88. The molecule has 0 unspecified atom stereocenters. The fraction of sp³-hybridized carbons (Fsp3) is 0.188. The van der Waals surface area contributed by atoms with Gasteiger partial charge in [-0.25, -0.2) is 4.99 Å². The molecule has 2 aromatic carbocycles. The monoisotopic (exact) mass is 254 g/mol. The van der Waals surface area contributed by atoms with E-state index in [4.69, 9.17) is 10.5 Å². The highest BCUT2D eigenvalue weighted by atomic mass is 16.5. The molecule has 0 aliphatic rings. The molecular weight excluding hydrogens is 236 g/mol. The maximum Gasteiger partial charge on any atom is 0.198 e. The molecule has 0 bridgehead atoms. The molecule has 0 fully saturated rings. The quantitative estimate of drug-likeness (QED) is 0.673. The van der Waals surface area contributed by atoms with Gasteiger partial charge < -0.3 is 10.5 Å². The molecule has 2 aromatic rings. The second-order valence-corrected chi connectivity index (χ2v) is 4.15. The van der Waals surface area contributed by atoms with Crippen LogP contribution < -0.4 is 5.73 Å².